The molecule has 172 valence electrons. The lowest BCUT2D eigenvalue weighted by atomic mass is 10.0. The molecular formula is C26H24FN5O2. The first-order chi connectivity index (χ1) is 16.6. The van der Waals surface area contributed by atoms with Crippen LogP contribution in [0.1, 0.15) is 30.0 Å². The van der Waals surface area contributed by atoms with E-state index in [1.807, 2.05) is 54.6 Å². The van der Waals surface area contributed by atoms with E-state index in [9.17, 15) is 14.0 Å². The van der Waals surface area contributed by atoms with E-state index in [0.29, 0.717) is 5.52 Å². The largest absolute Gasteiger partial charge is 0.350 e. The van der Waals surface area contributed by atoms with Gasteiger partial charge in [-0.05, 0) is 48.2 Å². The highest BCUT2D eigenvalue weighted by Gasteiger charge is 2.41. The third-order valence-corrected chi connectivity index (χ3v) is 5.96. The van der Waals surface area contributed by atoms with Crippen molar-refractivity contribution in [1.29, 1.82) is 0 Å². The SMILES string of the molecule is O=C(NCc1ccc(F)cc1)[C@@H](c1ccccc1)N(C(=O)Cn1nnc2ccccc21)C1CC1. The van der Waals surface area contributed by atoms with E-state index in [1.54, 1.807) is 21.7 Å². The van der Waals surface area contributed by atoms with Gasteiger partial charge in [0.15, 0.2) is 0 Å². The van der Waals surface area contributed by atoms with Crippen LogP contribution in [-0.4, -0.2) is 37.7 Å². The molecule has 1 aliphatic rings. The number of aromatic nitrogens is 3. The number of para-hydroxylation sites is 1. The fourth-order valence-corrected chi connectivity index (χ4v) is 4.12. The quantitative estimate of drug-likeness (QED) is 0.438. The van der Waals surface area contributed by atoms with Gasteiger partial charge in [-0.2, -0.15) is 0 Å². The normalized spacial score (nSPS) is 14.0. The molecular weight excluding hydrogens is 433 g/mol. The minimum Gasteiger partial charge on any atom is -0.350 e. The molecule has 1 atom stereocenters. The molecule has 0 spiro atoms. The second-order valence-electron chi connectivity index (χ2n) is 8.43. The summed E-state index contributed by atoms with van der Waals surface area (Å²) in [4.78, 5) is 28.7. The molecule has 1 saturated carbocycles. The molecule has 4 aromatic rings. The zero-order valence-corrected chi connectivity index (χ0v) is 18.5. The van der Waals surface area contributed by atoms with E-state index < -0.39 is 6.04 Å². The maximum absolute atomic E-state index is 13.6. The van der Waals surface area contributed by atoms with Gasteiger partial charge in [-0.3, -0.25) is 9.59 Å². The number of nitrogens with zero attached hydrogens (tertiary/aromatic N) is 4. The lowest BCUT2D eigenvalue weighted by Gasteiger charge is -2.31. The van der Waals surface area contributed by atoms with E-state index in [4.69, 9.17) is 0 Å². The smallest absolute Gasteiger partial charge is 0.247 e. The predicted molar refractivity (Wildman–Crippen MR) is 125 cm³/mol. The van der Waals surface area contributed by atoms with Gasteiger partial charge in [-0.1, -0.05) is 59.8 Å². The molecule has 0 unspecified atom stereocenters. The van der Waals surface area contributed by atoms with Crippen LogP contribution in [0.25, 0.3) is 11.0 Å². The molecule has 34 heavy (non-hydrogen) atoms. The summed E-state index contributed by atoms with van der Waals surface area (Å²) in [5.74, 6) is -0.799. The molecule has 3 aromatic carbocycles. The lowest BCUT2D eigenvalue weighted by molar-refractivity contribution is -0.142. The minimum absolute atomic E-state index is 0.00834. The summed E-state index contributed by atoms with van der Waals surface area (Å²) in [5, 5.41) is 11.2. The van der Waals surface area contributed by atoms with E-state index >= 15 is 0 Å². The molecule has 1 fully saturated rings. The topological polar surface area (TPSA) is 80.1 Å². The standard InChI is InChI=1S/C26H24FN5O2/c27-20-12-10-18(11-13-20)16-28-26(34)25(19-6-2-1-3-7-19)32(21-14-15-21)24(33)17-31-23-9-5-4-8-22(23)29-30-31/h1-13,21,25H,14-17H2,(H,28,34)/t25-/m1/s1. The number of benzene rings is 3. The molecule has 0 bridgehead atoms. The maximum Gasteiger partial charge on any atom is 0.247 e. The van der Waals surface area contributed by atoms with Crippen molar-refractivity contribution in [2.45, 2.75) is 38.0 Å². The highest BCUT2D eigenvalue weighted by atomic mass is 19.1. The van der Waals surface area contributed by atoms with Crippen molar-refractivity contribution in [3.05, 3.63) is 95.8 Å². The Morgan fingerprint density at radius 3 is 2.44 bits per heavy atom. The van der Waals surface area contributed by atoms with Gasteiger partial charge in [-0.15, -0.1) is 5.10 Å². The molecule has 0 aliphatic heterocycles. The van der Waals surface area contributed by atoms with E-state index in [1.165, 1.54) is 12.1 Å². The monoisotopic (exact) mass is 457 g/mol. The van der Waals surface area contributed by atoms with Crippen molar-refractivity contribution in [1.82, 2.24) is 25.2 Å². The number of fused-ring (bicyclic) bond motifs is 1. The summed E-state index contributed by atoms with van der Waals surface area (Å²) in [6.07, 6.45) is 1.69. The average Bonchev–Trinajstić information content (AvgIpc) is 3.62. The Labute approximate surface area is 196 Å². The van der Waals surface area contributed by atoms with Crippen molar-refractivity contribution < 1.29 is 14.0 Å². The Morgan fingerprint density at radius 2 is 1.71 bits per heavy atom. The van der Waals surface area contributed by atoms with Gasteiger partial charge in [0.1, 0.15) is 23.9 Å². The van der Waals surface area contributed by atoms with Crippen LogP contribution in [0, 0.1) is 5.82 Å². The number of carbonyl (C=O) groups excluding carboxylic acids is 2. The van der Waals surface area contributed by atoms with Crippen LogP contribution in [0.2, 0.25) is 0 Å². The Hall–Kier alpha value is -4.07. The second kappa shape index (κ2) is 9.43. The summed E-state index contributed by atoms with van der Waals surface area (Å²) in [7, 11) is 0. The molecule has 1 aromatic heterocycles. The first-order valence-corrected chi connectivity index (χ1v) is 11.3. The molecule has 1 aliphatic carbocycles. The van der Waals surface area contributed by atoms with Gasteiger partial charge in [-0.25, -0.2) is 9.07 Å². The van der Waals surface area contributed by atoms with E-state index in [2.05, 4.69) is 15.6 Å². The number of halogens is 1. The van der Waals surface area contributed by atoms with Crippen LogP contribution in [0.4, 0.5) is 4.39 Å². The number of hydrogen-bond donors (Lipinski definition) is 1. The lowest BCUT2D eigenvalue weighted by Crippen LogP contribution is -2.46. The zero-order chi connectivity index (χ0) is 23.5. The Morgan fingerprint density at radius 1 is 1.00 bits per heavy atom. The summed E-state index contributed by atoms with van der Waals surface area (Å²) in [6, 6.07) is 22.0. The summed E-state index contributed by atoms with van der Waals surface area (Å²) >= 11 is 0. The Bertz CT molecular complexity index is 1300. The summed E-state index contributed by atoms with van der Waals surface area (Å²) < 4.78 is 14.8. The fourth-order valence-electron chi connectivity index (χ4n) is 4.12. The predicted octanol–water partition coefficient (Wildman–Crippen LogP) is 3.62. The molecule has 5 rings (SSSR count). The maximum atomic E-state index is 13.6. The van der Waals surface area contributed by atoms with Crippen LogP contribution in [-0.2, 0) is 22.7 Å². The van der Waals surface area contributed by atoms with Gasteiger partial charge in [0.05, 0.1) is 5.52 Å². The third-order valence-electron chi connectivity index (χ3n) is 5.96. The van der Waals surface area contributed by atoms with Crippen molar-refractivity contribution in [3.8, 4) is 0 Å². The van der Waals surface area contributed by atoms with Crippen LogP contribution in [0.15, 0.2) is 78.9 Å². The molecule has 0 radical (unpaired) electrons. The first-order valence-electron chi connectivity index (χ1n) is 11.3. The number of hydrogen-bond acceptors (Lipinski definition) is 4. The molecule has 2 amide bonds. The van der Waals surface area contributed by atoms with E-state index in [-0.39, 0.29) is 36.8 Å². The van der Waals surface area contributed by atoms with Crippen LogP contribution in [0.5, 0.6) is 0 Å². The highest BCUT2D eigenvalue weighted by molar-refractivity contribution is 5.89. The number of nitrogens with one attached hydrogen (secondary N) is 1. The van der Waals surface area contributed by atoms with Crippen molar-refractivity contribution in [3.63, 3.8) is 0 Å². The van der Waals surface area contributed by atoms with E-state index in [0.717, 1.165) is 29.5 Å². The second-order valence-corrected chi connectivity index (χ2v) is 8.43. The van der Waals surface area contributed by atoms with Crippen LogP contribution < -0.4 is 5.32 Å². The molecule has 1 heterocycles. The van der Waals surface area contributed by atoms with Crippen molar-refractivity contribution >= 4 is 22.8 Å². The molecule has 7 nitrogen and oxygen atoms in total. The molecule has 1 N–H and O–H groups in total. The zero-order valence-electron chi connectivity index (χ0n) is 18.5. The third kappa shape index (κ3) is 4.66. The summed E-state index contributed by atoms with van der Waals surface area (Å²) in [5.41, 5.74) is 3.00. The first kappa shape index (κ1) is 21.8. The van der Waals surface area contributed by atoms with Crippen LogP contribution in [0.3, 0.4) is 0 Å². The van der Waals surface area contributed by atoms with Gasteiger partial charge in [0.25, 0.3) is 0 Å². The number of carbonyl (C=O) groups is 2. The highest BCUT2D eigenvalue weighted by Crippen LogP contribution is 2.35. The molecule has 8 heteroatoms. The Balaban J connectivity index is 1.41. The summed E-state index contributed by atoms with van der Waals surface area (Å²) in [6.45, 7) is 0.231. The minimum atomic E-state index is -0.781. The number of rotatable bonds is 8. The van der Waals surface area contributed by atoms with Gasteiger partial charge < -0.3 is 10.2 Å². The fraction of sp³-hybridized carbons (Fsp3) is 0.231. The van der Waals surface area contributed by atoms with Crippen LogP contribution >= 0.6 is 0 Å². The number of amides is 2. The Kier molecular flexibility index (Phi) is 6.03. The van der Waals surface area contributed by atoms with Gasteiger partial charge in [0.2, 0.25) is 11.8 Å². The van der Waals surface area contributed by atoms with Gasteiger partial charge >= 0.3 is 0 Å². The van der Waals surface area contributed by atoms with Crippen molar-refractivity contribution in [2.75, 3.05) is 0 Å². The van der Waals surface area contributed by atoms with Crippen molar-refractivity contribution in [2.24, 2.45) is 0 Å². The average molecular weight is 458 g/mol. The molecule has 0 saturated heterocycles. The van der Waals surface area contributed by atoms with Gasteiger partial charge in [0, 0.05) is 12.6 Å².